The molecule has 0 aliphatic heterocycles. The van der Waals surface area contributed by atoms with E-state index in [4.69, 9.17) is 4.42 Å². The number of hydrogen-bond acceptors (Lipinski definition) is 2. The van der Waals surface area contributed by atoms with Gasteiger partial charge < -0.3 is 4.42 Å². The van der Waals surface area contributed by atoms with E-state index in [2.05, 4.69) is 18.4 Å². The average molecular weight is 174 g/mol. The van der Waals surface area contributed by atoms with Gasteiger partial charge in [-0.1, -0.05) is 12.5 Å². The van der Waals surface area contributed by atoms with Crippen molar-refractivity contribution >= 4 is 5.78 Å². The Balaban J connectivity index is 2.31. The molecule has 0 unspecified atom stereocenters. The summed E-state index contributed by atoms with van der Waals surface area (Å²) >= 11 is 0. The van der Waals surface area contributed by atoms with Gasteiger partial charge in [0, 0.05) is 12.8 Å². The fourth-order valence-corrected chi connectivity index (χ4v) is 0.841. The minimum Gasteiger partial charge on any atom is -0.469 e. The Kier molecular flexibility index (Phi) is 3.59. The third kappa shape index (κ3) is 3.44. The van der Waals surface area contributed by atoms with Crippen molar-refractivity contribution in [3.63, 3.8) is 0 Å². The van der Waals surface area contributed by atoms with Gasteiger partial charge in [-0.15, -0.1) is 0 Å². The Hall–Kier alpha value is -1.75. The van der Waals surface area contributed by atoms with Crippen LogP contribution in [-0.2, 0) is 11.2 Å². The third-order valence-corrected chi connectivity index (χ3v) is 1.47. The Bertz CT molecular complexity index is 336. The molecule has 1 rings (SSSR count). The lowest BCUT2D eigenvalue weighted by Gasteiger charge is -1.86. The minimum absolute atomic E-state index is 0.237. The van der Waals surface area contributed by atoms with E-state index < -0.39 is 0 Å². The summed E-state index contributed by atoms with van der Waals surface area (Å²) in [5, 5.41) is 0. The first kappa shape index (κ1) is 9.34. The molecule has 13 heavy (non-hydrogen) atoms. The van der Waals surface area contributed by atoms with Crippen LogP contribution in [0.2, 0.25) is 0 Å². The summed E-state index contributed by atoms with van der Waals surface area (Å²) in [4.78, 5) is 10.7. The number of carbonyl (C=O) groups is 1. The highest BCUT2D eigenvalue weighted by Gasteiger charge is 1.92. The summed E-state index contributed by atoms with van der Waals surface area (Å²) < 4.78 is 5.09. The molecule has 0 saturated carbocycles. The van der Waals surface area contributed by atoms with Crippen molar-refractivity contribution < 1.29 is 9.21 Å². The van der Waals surface area contributed by atoms with Gasteiger partial charge in [0.1, 0.15) is 5.76 Å². The molecular formula is C11H10O2. The quantitative estimate of drug-likeness (QED) is 0.398. The number of carbonyl (C=O) groups excluding carboxylic acids is 1. The molecule has 66 valence electrons. The molecule has 2 nitrogen and oxygen atoms in total. The van der Waals surface area contributed by atoms with Gasteiger partial charge >= 0.3 is 0 Å². The van der Waals surface area contributed by atoms with Crippen molar-refractivity contribution in [3.8, 4) is 11.8 Å². The summed E-state index contributed by atoms with van der Waals surface area (Å²) in [6.45, 7) is 3.32. The molecular weight excluding hydrogens is 164 g/mol. The molecule has 0 aliphatic rings. The Morgan fingerprint density at radius 1 is 1.69 bits per heavy atom. The average Bonchev–Trinajstić information content (AvgIpc) is 2.64. The zero-order valence-corrected chi connectivity index (χ0v) is 7.25. The van der Waals surface area contributed by atoms with Gasteiger partial charge in [-0.2, -0.15) is 0 Å². The molecule has 0 atom stereocenters. The first-order valence-corrected chi connectivity index (χ1v) is 4.00. The lowest BCUT2D eigenvalue weighted by Crippen LogP contribution is -1.84. The predicted molar refractivity (Wildman–Crippen MR) is 50.0 cm³/mol. The van der Waals surface area contributed by atoms with E-state index in [-0.39, 0.29) is 5.78 Å². The fourth-order valence-electron chi connectivity index (χ4n) is 0.841. The smallest absolute Gasteiger partial charge is 0.228 e. The largest absolute Gasteiger partial charge is 0.469 e. The minimum atomic E-state index is -0.237. The van der Waals surface area contributed by atoms with Crippen LogP contribution in [0.15, 0.2) is 35.5 Å². The molecule has 0 aliphatic carbocycles. The SMILES string of the molecule is C=CC(=O)C#CCCc1ccco1. The van der Waals surface area contributed by atoms with Crippen LogP contribution in [0.4, 0.5) is 0 Å². The van der Waals surface area contributed by atoms with Crippen LogP contribution in [0.1, 0.15) is 12.2 Å². The number of furan rings is 1. The molecule has 0 aromatic carbocycles. The highest BCUT2D eigenvalue weighted by Crippen LogP contribution is 2.02. The topological polar surface area (TPSA) is 30.2 Å². The first-order valence-electron chi connectivity index (χ1n) is 4.00. The lowest BCUT2D eigenvalue weighted by molar-refractivity contribution is -0.109. The Morgan fingerprint density at radius 3 is 3.15 bits per heavy atom. The maximum absolute atomic E-state index is 10.7. The molecule has 0 N–H and O–H groups in total. The van der Waals surface area contributed by atoms with Crippen molar-refractivity contribution in [2.45, 2.75) is 12.8 Å². The van der Waals surface area contributed by atoms with Crippen LogP contribution >= 0.6 is 0 Å². The number of allylic oxidation sites excluding steroid dienone is 1. The summed E-state index contributed by atoms with van der Waals surface area (Å²) in [5.41, 5.74) is 0. The van der Waals surface area contributed by atoms with Gasteiger partial charge in [0.15, 0.2) is 0 Å². The number of hydrogen-bond donors (Lipinski definition) is 0. The highest BCUT2D eigenvalue weighted by molar-refractivity contribution is 6.03. The normalized spacial score (nSPS) is 8.62. The molecule has 0 radical (unpaired) electrons. The predicted octanol–water partition coefficient (Wildman–Crippen LogP) is 1.97. The van der Waals surface area contributed by atoms with E-state index in [0.29, 0.717) is 6.42 Å². The van der Waals surface area contributed by atoms with Crippen LogP contribution in [0.5, 0.6) is 0 Å². The molecule has 0 amide bonds. The van der Waals surface area contributed by atoms with E-state index in [0.717, 1.165) is 12.2 Å². The van der Waals surface area contributed by atoms with Gasteiger partial charge in [-0.05, 0) is 24.1 Å². The summed E-state index contributed by atoms with van der Waals surface area (Å²) in [7, 11) is 0. The van der Waals surface area contributed by atoms with Crippen molar-refractivity contribution in [2.75, 3.05) is 0 Å². The van der Waals surface area contributed by atoms with Gasteiger partial charge in [0.2, 0.25) is 5.78 Å². The monoisotopic (exact) mass is 174 g/mol. The highest BCUT2D eigenvalue weighted by atomic mass is 16.3. The number of ketones is 1. The first-order chi connectivity index (χ1) is 6.33. The Morgan fingerprint density at radius 2 is 2.54 bits per heavy atom. The van der Waals surface area contributed by atoms with Crippen molar-refractivity contribution in [1.29, 1.82) is 0 Å². The molecule has 0 saturated heterocycles. The number of rotatable bonds is 3. The molecule has 1 aromatic heterocycles. The third-order valence-electron chi connectivity index (χ3n) is 1.47. The maximum Gasteiger partial charge on any atom is 0.228 e. The summed E-state index contributed by atoms with van der Waals surface area (Å²) in [6, 6.07) is 3.72. The van der Waals surface area contributed by atoms with Crippen LogP contribution in [0.25, 0.3) is 0 Å². The van der Waals surface area contributed by atoms with Gasteiger partial charge in [-0.25, -0.2) is 0 Å². The molecule has 1 aromatic rings. The van der Waals surface area contributed by atoms with Crippen LogP contribution in [0, 0.1) is 11.8 Å². The van der Waals surface area contributed by atoms with Crippen molar-refractivity contribution in [3.05, 3.63) is 36.8 Å². The summed E-state index contributed by atoms with van der Waals surface area (Å²) in [6.07, 6.45) is 4.20. The van der Waals surface area contributed by atoms with Crippen molar-refractivity contribution in [1.82, 2.24) is 0 Å². The van der Waals surface area contributed by atoms with E-state index in [9.17, 15) is 4.79 Å². The van der Waals surface area contributed by atoms with Crippen LogP contribution in [0.3, 0.4) is 0 Å². The Labute approximate surface area is 77.3 Å². The second-order valence-corrected chi connectivity index (χ2v) is 2.45. The van der Waals surface area contributed by atoms with Gasteiger partial charge in [0.05, 0.1) is 6.26 Å². The van der Waals surface area contributed by atoms with Crippen molar-refractivity contribution in [2.24, 2.45) is 0 Å². The maximum atomic E-state index is 10.7. The van der Waals surface area contributed by atoms with Crippen LogP contribution in [-0.4, -0.2) is 5.78 Å². The molecule has 0 spiro atoms. The van der Waals surface area contributed by atoms with Gasteiger partial charge in [-0.3, -0.25) is 4.79 Å². The van der Waals surface area contributed by atoms with Crippen LogP contribution < -0.4 is 0 Å². The number of aryl methyl sites for hydroxylation is 1. The van der Waals surface area contributed by atoms with Gasteiger partial charge in [0.25, 0.3) is 0 Å². The zero-order chi connectivity index (χ0) is 9.52. The second kappa shape index (κ2) is 5.00. The van der Waals surface area contributed by atoms with E-state index in [1.165, 1.54) is 6.08 Å². The van der Waals surface area contributed by atoms with E-state index in [1.807, 2.05) is 12.1 Å². The molecule has 2 heteroatoms. The summed E-state index contributed by atoms with van der Waals surface area (Å²) in [5.74, 6) is 5.84. The van der Waals surface area contributed by atoms with E-state index in [1.54, 1.807) is 6.26 Å². The lowest BCUT2D eigenvalue weighted by atomic mass is 10.2. The second-order valence-electron chi connectivity index (χ2n) is 2.45. The standard InChI is InChI=1S/C11H10O2/c1-2-10(12)6-3-4-7-11-8-5-9-13-11/h2,5,8-9H,1,4,7H2. The molecule has 1 heterocycles. The van der Waals surface area contributed by atoms with E-state index >= 15 is 0 Å². The zero-order valence-electron chi connectivity index (χ0n) is 7.25. The fraction of sp³-hybridized carbons (Fsp3) is 0.182. The molecule has 0 fully saturated rings. The molecule has 0 bridgehead atoms.